The van der Waals surface area contributed by atoms with Crippen LogP contribution in [-0.4, -0.2) is 35.8 Å². The van der Waals surface area contributed by atoms with Gasteiger partial charge in [0.2, 0.25) is 0 Å². The first kappa shape index (κ1) is 17.0. The van der Waals surface area contributed by atoms with Crippen LogP contribution >= 0.6 is 11.3 Å². The summed E-state index contributed by atoms with van der Waals surface area (Å²) in [5.41, 5.74) is 2.33. The lowest BCUT2D eigenvalue weighted by molar-refractivity contribution is 0.0639. The molecule has 4 nitrogen and oxygen atoms in total. The number of aliphatic hydroxyl groups is 1. The maximum Gasteiger partial charge on any atom is 0.119 e. The molecule has 2 atom stereocenters. The molecule has 1 aliphatic heterocycles. The SMILES string of the molecule is N#CCc1ccc(OCC(O)CN2CCCC2c2ccsc2)cc1. The third-order valence-corrected chi connectivity index (χ3v) is 5.09. The summed E-state index contributed by atoms with van der Waals surface area (Å²) < 4.78 is 5.68. The van der Waals surface area contributed by atoms with Crippen LogP contribution in [0.4, 0.5) is 0 Å². The lowest BCUT2D eigenvalue weighted by Gasteiger charge is -2.26. The van der Waals surface area contributed by atoms with Crippen molar-refractivity contribution in [2.24, 2.45) is 0 Å². The van der Waals surface area contributed by atoms with Crippen molar-refractivity contribution in [1.82, 2.24) is 4.90 Å². The number of rotatable bonds is 7. The third-order valence-electron chi connectivity index (χ3n) is 4.39. The number of hydrogen-bond acceptors (Lipinski definition) is 5. The maximum atomic E-state index is 10.3. The Labute approximate surface area is 146 Å². The summed E-state index contributed by atoms with van der Waals surface area (Å²) in [5.74, 6) is 0.728. The second-order valence-electron chi connectivity index (χ2n) is 6.15. The van der Waals surface area contributed by atoms with Crippen molar-refractivity contribution >= 4 is 11.3 Å². The van der Waals surface area contributed by atoms with Crippen LogP contribution in [0.2, 0.25) is 0 Å². The van der Waals surface area contributed by atoms with E-state index in [1.807, 2.05) is 24.3 Å². The number of nitriles is 1. The third kappa shape index (κ3) is 4.35. The molecule has 0 amide bonds. The Morgan fingerprint density at radius 1 is 1.33 bits per heavy atom. The number of thiophene rings is 1. The highest BCUT2D eigenvalue weighted by molar-refractivity contribution is 7.07. The van der Waals surface area contributed by atoms with Gasteiger partial charge in [-0.3, -0.25) is 4.90 Å². The second kappa shape index (κ2) is 8.29. The smallest absolute Gasteiger partial charge is 0.119 e. The molecule has 5 heteroatoms. The van der Waals surface area contributed by atoms with Crippen molar-refractivity contribution in [1.29, 1.82) is 5.26 Å². The molecule has 24 heavy (non-hydrogen) atoms. The highest BCUT2D eigenvalue weighted by atomic mass is 32.1. The van der Waals surface area contributed by atoms with Gasteiger partial charge in [0.25, 0.3) is 0 Å². The molecule has 0 aliphatic carbocycles. The Morgan fingerprint density at radius 3 is 2.88 bits per heavy atom. The minimum atomic E-state index is -0.511. The Kier molecular flexibility index (Phi) is 5.86. The largest absolute Gasteiger partial charge is 0.491 e. The molecule has 1 N–H and O–H groups in total. The van der Waals surface area contributed by atoms with E-state index in [0.717, 1.165) is 24.3 Å². The summed E-state index contributed by atoms with van der Waals surface area (Å²) in [5, 5.41) is 23.3. The van der Waals surface area contributed by atoms with Crippen LogP contribution in [0.3, 0.4) is 0 Å². The fraction of sp³-hybridized carbons (Fsp3) is 0.421. The summed E-state index contributed by atoms with van der Waals surface area (Å²) in [4.78, 5) is 2.35. The number of benzene rings is 1. The molecule has 1 aliphatic rings. The molecule has 0 radical (unpaired) electrons. The molecule has 2 aromatic rings. The van der Waals surface area contributed by atoms with E-state index < -0.39 is 6.10 Å². The predicted molar refractivity (Wildman–Crippen MR) is 95.1 cm³/mol. The van der Waals surface area contributed by atoms with Crippen LogP contribution in [0.1, 0.15) is 30.0 Å². The molecule has 0 saturated carbocycles. The van der Waals surface area contributed by atoms with Gasteiger partial charge in [-0.05, 0) is 59.5 Å². The predicted octanol–water partition coefficient (Wildman–Crippen LogP) is 3.39. The number of aliphatic hydroxyl groups excluding tert-OH is 1. The quantitative estimate of drug-likeness (QED) is 0.838. The summed E-state index contributed by atoms with van der Waals surface area (Å²) in [7, 11) is 0. The number of nitrogens with zero attached hydrogens (tertiary/aromatic N) is 2. The maximum absolute atomic E-state index is 10.3. The van der Waals surface area contributed by atoms with Crippen LogP contribution in [0.5, 0.6) is 5.75 Å². The number of ether oxygens (including phenoxy) is 1. The first-order chi connectivity index (χ1) is 11.8. The highest BCUT2D eigenvalue weighted by Crippen LogP contribution is 2.32. The van der Waals surface area contributed by atoms with Gasteiger partial charge < -0.3 is 9.84 Å². The average molecular weight is 342 g/mol. The molecular formula is C19H22N2O2S. The van der Waals surface area contributed by atoms with Gasteiger partial charge in [-0.1, -0.05) is 12.1 Å². The summed E-state index contributed by atoms with van der Waals surface area (Å²) in [6.07, 6.45) is 2.23. The Morgan fingerprint density at radius 2 is 2.17 bits per heavy atom. The monoisotopic (exact) mass is 342 g/mol. The number of β-amino-alcohol motifs (C(OH)–C–C–N with tert-alkyl or cyclic N) is 1. The van der Waals surface area contributed by atoms with Crippen LogP contribution < -0.4 is 4.74 Å². The molecule has 3 rings (SSSR count). The van der Waals surface area contributed by atoms with Crippen LogP contribution in [0.25, 0.3) is 0 Å². The van der Waals surface area contributed by atoms with Gasteiger partial charge in [0.05, 0.1) is 12.5 Å². The Bertz CT molecular complexity index is 664. The van der Waals surface area contributed by atoms with Gasteiger partial charge in [0, 0.05) is 12.6 Å². The summed E-state index contributed by atoms with van der Waals surface area (Å²) >= 11 is 1.73. The zero-order chi connectivity index (χ0) is 16.8. The first-order valence-corrected chi connectivity index (χ1v) is 9.23. The molecular weight excluding hydrogens is 320 g/mol. The lowest BCUT2D eigenvalue weighted by Crippen LogP contribution is -2.35. The van der Waals surface area contributed by atoms with Crippen molar-refractivity contribution in [2.75, 3.05) is 19.7 Å². The zero-order valence-electron chi connectivity index (χ0n) is 13.6. The number of hydrogen-bond donors (Lipinski definition) is 1. The molecule has 1 aromatic carbocycles. The molecule has 0 spiro atoms. The average Bonchev–Trinajstić information content (AvgIpc) is 3.25. The van der Waals surface area contributed by atoms with Crippen molar-refractivity contribution < 1.29 is 9.84 Å². The van der Waals surface area contributed by atoms with Gasteiger partial charge in [-0.15, -0.1) is 0 Å². The van der Waals surface area contributed by atoms with E-state index in [0.29, 0.717) is 19.0 Å². The first-order valence-electron chi connectivity index (χ1n) is 8.29. The molecule has 1 fully saturated rings. The summed E-state index contributed by atoms with van der Waals surface area (Å²) in [6, 6.07) is 12.2. The minimum Gasteiger partial charge on any atom is -0.491 e. The topological polar surface area (TPSA) is 56.5 Å². The van der Waals surface area contributed by atoms with Gasteiger partial charge in [0.1, 0.15) is 18.5 Å². The van der Waals surface area contributed by atoms with Gasteiger partial charge >= 0.3 is 0 Å². The molecule has 2 heterocycles. The van der Waals surface area contributed by atoms with Crippen molar-refractivity contribution in [3.63, 3.8) is 0 Å². The highest BCUT2D eigenvalue weighted by Gasteiger charge is 2.27. The molecule has 2 unspecified atom stereocenters. The molecule has 1 aromatic heterocycles. The van der Waals surface area contributed by atoms with E-state index in [1.165, 1.54) is 12.0 Å². The van der Waals surface area contributed by atoms with Crippen molar-refractivity contribution in [2.45, 2.75) is 31.4 Å². The van der Waals surface area contributed by atoms with Gasteiger partial charge in [-0.2, -0.15) is 16.6 Å². The fourth-order valence-corrected chi connectivity index (χ4v) is 3.90. The molecule has 1 saturated heterocycles. The summed E-state index contributed by atoms with van der Waals surface area (Å²) in [6.45, 7) is 1.94. The van der Waals surface area contributed by atoms with Crippen LogP contribution in [-0.2, 0) is 6.42 Å². The minimum absolute atomic E-state index is 0.282. The zero-order valence-corrected chi connectivity index (χ0v) is 14.4. The molecule has 126 valence electrons. The van der Waals surface area contributed by atoms with E-state index >= 15 is 0 Å². The van der Waals surface area contributed by atoms with Crippen LogP contribution in [0, 0.1) is 11.3 Å². The van der Waals surface area contributed by atoms with Gasteiger partial charge in [-0.25, -0.2) is 0 Å². The Hall–Kier alpha value is -1.87. The van der Waals surface area contributed by atoms with Crippen molar-refractivity contribution in [3.05, 3.63) is 52.2 Å². The van der Waals surface area contributed by atoms with Crippen molar-refractivity contribution in [3.8, 4) is 11.8 Å². The standard InChI is InChI=1S/C19H22N2O2S/c20-9-7-15-3-5-18(6-4-15)23-13-17(22)12-21-10-1-2-19(21)16-8-11-24-14-16/h3-6,8,11,14,17,19,22H,1-2,7,10,12-13H2. The van der Waals surface area contributed by atoms with E-state index in [4.69, 9.17) is 10.00 Å². The van der Waals surface area contributed by atoms with Gasteiger partial charge in [0.15, 0.2) is 0 Å². The lowest BCUT2D eigenvalue weighted by atomic mass is 10.1. The van der Waals surface area contributed by atoms with Crippen LogP contribution in [0.15, 0.2) is 41.1 Å². The van der Waals surface area contributed by atoms with E-state index in [2.05, 4.69) is 27.8 Å². The van der Waals surface area contributed by atoms with E-state index in [1.54, 1.807) is 11.3 Å². The number of likely N-dealkylation sites (tertiary alicyclic amines) is 1. The van der Waals surface area contributed by atoms with E-state index in [-0.39, 0.29) is 6.61 Å². The second-order valence-corrected chi connectivity index (χ2v) is 6.93. The fourth-order valence-electron chi connectivity index (χ4n) is 3.20. The van der Waals surface area contributed by atoms with E-state index in [9.17, 15) is 5.11 Å². The normalized spacial score (nSPS) is 19.1. The molecule has 0 bridgehead atoms. The Balaban J connectivity index is 1.48.